The van der Waals surface area contributed by atoms with E-state index in [-0.39, 0.29) is 5.69 Å². The molecule has 0 aliphatic rings. The molecule has 0 unspecified atom stereocenters. The van der Waals surface area contributed by atoms with Crippen LogP contribution in [0.3, 0.4) is 0 Å². The number of hydrogen-bond donors (Lipinski definition) is 2. The average Bonchev–Trinajstić information content (AvgIpc) is 2.58. The Morgan fingerprint density at radius 3 is 2.54 bits per heavy atom. The molecule has 2 amide bonds. The summed E-state index contributed by atoms with van der Waals surface area (Å²) in [6.45, 7) is 0. The molecule has 26 heavy (non-hydrogen) atoms. The maximum atomic E-state index is 12.8. The second-order valence-electron chi connectivity index (χ2n) is 4.99. The minimum absolute atomic E-state index is 0.140. The van der Waals surface area contributed by atoms with Crippen molar-refractivity contribution in [1.82, 2.24) is 5.43 Å². The first-order valence-electron chi connectivity index (χ1n) is 7.16. The number of anilines is 1. The van der Waals surface area contributed by atoms with Gasteiger partial charge >= 0.3 is 0 Å². The fraction of sp³-hybridized carbons (Fsp3) is 0.0625. The molecule has 134 valence electrons. The van der Waals surface area contributed by atoms with Crippen molar-refractivity contribution in [2.75, 3.05) is 5.32 Å². The lowest BCUT2D eigenvalue weighted by atomic mass is 10.2. The van der Waals surface area contributed by atoms with Gasteiger partial charge in [0, 0.05) is 17.3 Å². The van der Waals surface area contributed by atoms with E-state index in [0.29, 0.717) is 15.7 Å². The summed E-state index contributed by atoms with van der Waals surface area (Å²) >= 11 is 3.06. The van der Waals surface area contributed by atoms with Crippen LogP contribution in [-0.2, 0) is 9.59 Å². The summed E-state index contributed by atoms with van der Waals surface area (Å²) in [6.07, 6.45) is 0.727. The first-order valence-corrected chi connectivity index (χ1v) is 7.95. The van der Waals surface area contributed by atoms with E-state index in [2.05, 4.69) is 31.8 Å². The lowest BCUT2D eigenvalue weighted by Gasteiger charge is -2.04. The molecule has 2 N–H and O–H groups in total. The van der Waals surface area contributed by atoms with Crippen LogP contribution in [0, 0.1) is 15.9 Å². The van der Waals surface area contributed by atoms with Crippen molar-refractivity contribution in [3.63, 3.8) is 0 Å². The molecule has 0 saturated heterocycles. The van der Waals surface area contributed by atoms with E-state index < -0.39 is 29.0 Å². The molecule has 8 nitrogen and oxygen atoms in total. The molecule has 0 fully saturated rings. The monoisotopic (exact) mass is 422 g/mol. The zero-order valence-electron chi connectivity index (χ0n) is 13.1. The van der Waals surface area contributed by atoms with Gasteiger partial charge in [-0.3, -0.25) is 19.7 Å². The van der Waals surface area contributed by atoms with E-state index in [1.165, 1.54) is 42.6 Å². The summed E-state index contributed by atoms with van der Waals surface area (Å²) in [6, 6.07) is 9.41. The summed E-state index contributed by atoms with van der Waals surface area (Å²) in [4.78, 5) is 33.6. The number of nitrogens with zero attached hydrogens (tertiary/aromatic N) is 2. The number of halogens is 2. The van der Waals surface area contributed by atoms with Crippen LogP contribution in [0.15, 0.2) is 52.0 Å². The second kappa shape index (κ2) is 8.81. The van der Waals surface area contributed by atoms with Crippen molar-refractivity contribution in [2.24, 2.45) is 5.10 Å². The van der Waals surface area contributed by atoms with Gasteiger partial charge in [-0.1, -0.05) is 6.07 Å². The summed E-state index contributed by atoms with van der Waals surface area (Å²) < 4.78 is 13.1. The van der Waals surface area contributed by atoms with E-state index in [0.717, 1.165) is 0 Å². The number of nitro groups is 1. The van der Waals surface area contributed by atoms with Crippen LogP contribution in [0.25, 0.3) is 0 Å². The van der Waals surface area contributed by atoms with Gasteiger partial charge in [-0.25, -0.2) is 9.82 Å². The highest BCUT2D eigenvalue weighted by molar-refractivity contribution is 9.10. The summed E-state index contributed by atoms with van der Waals surface area (Å²) in [5.74, 6) is -1.71. The number of hydrogen-bond acceptors (Lipinski definition) is 5. The number of hydrazone groups is 1. The zero-order valence-corrected chi connectivity index (χ0v) is 14.7. The van der Waals surface area contributed by atoms with Gasteiger partial charge in [-0.05, 0) is 46.3 Å². The zero-order chi connectivity index (χ0) is 19.1. The van der Waals surface area contributed by atoms with Crippen LogP contribution in [0.1, 0.15) is 12.0 Å². The standard InChI is InChI=1S/C16H12BrFN4O4/c17-13-6-1-10(7-14(13)22(25)26)9-19-21-16(24)8-15(23)20-12-4-2-11(18)3-5-12/h1-7,9H,8H2,(H,20,23)(H,21,24). The summed E-state index contributed by atoms with van der Waals surface area (Å²) in [7, 11) is 0. The minimum Gasteiger partial charge on any atom is -0.326 e. The van der Waals surface area contributed by atoms with Crippen molar-refractivity contribution in [3.8, 4) is 0 Å². The molecule has 0 spiro atoms. The minimum atomic E-state index is -0.674. The molecule has 0 atom stereocenters. The number of carbonyl (C=O) groups excluding carboxylic acids is 2. The predicted molar refractivity (Wildman–Crippen MR) is 96.2 cm³/mol. The van der Waals surface area contributed by atoms with Crippen molar-refractivity contribution in [1.29, 1.82) is 0 Å². The molecule has 2 rings (SSSR count). The number of carbonyl (C=O) groups is 2. The highest BCUT2D eigenvalue weighted by Gasteiger charge is 2.12. The Kier molecular flexibility index (Phi) is 6.50. The normalized spacial score (nSPS) is 10.5. The van der Waals surface area contributed by atoms with Gasteiger partial charge in [0.15, 0.2) is 0 Å². The van der Waals surface area contributed by atoms with Gasteiger partial charge in [0.2, 0.25) is 11.8 Å². The smallest absolute Gasteiger partial charge is 0.284 e. The van der Waals surface area contributed by atoms with E-state index >= 15 is 0 Å². The molecule has 10 heteroatoms. The maximum Gasteiger partial charge on any atom is 0.284 e. The van der Waals surface area contributed by atoms with E-state index in [9.17, 15) is 24.1 Å². The fourth-order valence-corrected chi connectivity index (χ4v) is 2.24. The highest BCUT2D eigenvalue weighted by Crippen LogP contribution is 2.24. The van der Waals surface area contributed by atoms with Crippen LogP contribution in [-0.4, -0.2) is 23.0 Å². The largest absolute Gasteiger partial charge is 0.326 e. The first-order chi connectivity index (χ1) is 12.3. The third-order valence-electron chi connectivity index (χ3n) is 3.02. The summed E-state index contributed by atoms with van der Waals surface area (Å²) in [5, 5.41) is 16.9. The quantitative estimate of drug-likeness (QED) is 0.322. The van der Waals surface area contributed by atoms with Gasteiger partial charge in [-0.2, -0.15) is 5.10 Å². The van der Waals surface area contributed by atoms with Gasteiger partial charge in [-0.15, -0.1) is 0 Å². The second-order valence-corrected chi connectivity index (χ2v) is 5.85. The maximum absolute atomic E-state index is 12.8. The van der Waals surface area contributed by atoms with Gasteiger partial charge < -0.3 is 5.32 Å². The van der Waals surface area contributed by atoms with Crippen LogP contribution in [0.5, 0.6) is 0 Å². The number of nitrogens with one attached hydrogen (secondary N) is 2. The molecule has 0 saturated carbocycles. The summed E-state index contributed by atoms with van der Waals surface area (Å²) in [5.41, 5.74) is 2.76. The van der Waals surface area contributed by atoms with Gasteiger partial charge in [0.05, 0.1) is 15.6 Å². The molecule has 0 aliphatic carbocycles. The van der Waals surface area contributed by atoms with Crippen molar-refractivity contribution >= 4 is 45.3 Å². The van der Waals surface area contributed by atoms with Crippen LogP contribution >= 0.6 is 15.9 Å². The Bertz CT molecular complexity index is 871. The predicted octanol–water partition coefficient (Wildman–Crippen LogP) is 2.98. The number of nitro benzene ring substituents is 1. The average molecular weight is 423 g/mol. The van der Waals surface area contributed by atoms with Gasteiger partial charge in [0.25, 0.3) is 5.69 Å². The Morgan fingerprint density at radius 1 is 1.19 bits per heavy atom. The Balaban J connectivity index is 1.87. The highest BCUT2D eigenvalue weighted by atomic mass is 79.9. The third-order valence-corrected chi connectivity index (χ3v) is 3.69. The fourth-order valence-electron chi connectivity index (χ4n) is 1.85. The SMILES string of the molecule is O=C(CC(=O)Nc1ccc(F)cc1)NN=Cc1ccc(Br)c([N+](=O)[O-])c1. The van der Waals surface area contributed by atoms with Crippen LogP contribution < -0.4 is 10.7 Å². The Morgan fingerprint density at radius 2 is 1.88 bits per heavy atom. The lowest BCUT2D eigenvalue weighted by Crippen LogP contribution is -2.24. The third kappa shape index (κ3) is 5.74. The molecular formula is C16H12BrFN4O4. The van der Waals surface area contributed by atoms with Crippen molar-refractivity contribution in [3.05, 3.63) is 68.4 Å². The molecule has 0 aromatic heterocycles. The van der Waals surface area contributed by atoms with Crippen molar-refractivity contribution < 1.29 is 18.9 Å². The molecule has 0 radical (unpaired) electrons. The first kappa shape index (κ1) is 19.2. The molecule has 2 aromatic rings. The lowest BCUT2D eigenvalue weighted by molar-refractivity contribution is -0.385. The van der Waals surface area contributed by atoms with Crippen molar-refractivity contribution in [2.45, 2.75) is 6.42 Å². The molecule has 0 heterocycles. The molecule has 0 aliphatic heterocycles. The molecular weight excluding hydrogens is 411 g/mol. The van der Waals surface area contributed by atoms with E-state index in [1.807, 2.05) is 0 Å². The number of rotatable bonds is 6. The Labute approximate surface area is 155 Å². The van der Waals surface area contributed by atoms with E-state index in [4.69, 9.17) is 0 Å². The number of benzene rings is 2. The van der Waals surface area contributed by atoms with Crippen LogP contribution in [0.4, 0.5) is 15.8 Å². The van der Waals surface area contributed by atoms with Crippen LogP contribution in [0.2, 0.25) is 0 Å². The van der Waals surface area contributed by atoms with E-state index in [1.54, 1.807) is 6.07 Å². The van der Waals surface area contributed by atoms with Gasteiger partial charge in [0.1, 0.15) is 12.2 Å². The number of amides is 2. The topological polar surface area (TPSA) is 114 Å². The molecule has 2 aromatic carbocycles. The Hall–Kier alpha value is -3.14. The molecule has 0 bridgehead atoms.